The molecule has 1 aromatic heterocycles. The van der Waals surface area contributed by atoms with Crippen LogP contribution in [0, 0.1) is 6.92 Å². The van der Waals surface area contributed by atoms with Crippen molar-refractivity contribution in [1.29, 1.82) is 0 Å². The first-order valence-corrected chi connectivity index (χ1v) is 4.17. The summed E-state index contributed by atoms with van der Waals surface area (Å²) in [4.78, 5) is 17.6. The van der Waals surface area contributed by atoms with E-state index in [9.17, 15) is 18.0 Å². The van der Waals surface area contributed by atoms with Crippen molar-refractivity contribution < 1.29 is 23.1 Å². The van der Waals surface area contributed by atoms with E-state index >= 15 is 0 Å². The van der Waals surface area contributed by atoms with Crippen molar-refractivity contribution in [3.63, 3.8) is 0 Å². The molecule has 0 spiro atoms. The molecule has 0 atom stereocenters. The van der Waals surface area contributed by atoms with Gasteiger partial charge in [0.2, 0.25) is 5.95 Å². The van der Waals surface area contributed by atoms with Gasteiger partial charge in [-0.15, -0.1) is 0 Å². The highest BCUT2D eigenvalue weighted by Crippen LogP contribution is 2.15. The van der Waals surface area contributed by atoms with Gasteiger partial charge in [-0.25, -0.2) is 14.8 Å². The van der Waals surface area contributed by atoms with Gasteiger partial charge < -0.3 is 10.4 Å². The van der Waals surface area contributed by atoms with Gasteiger partial charge in [0.05, 0.1) is 11.3 Å². The van der Waals surface area contributed by atoms with Crippen LogP contribution in [-0.4, -0.2) is 33.8 Å². The molecule has 0 bridgehead atoms. The zero-order valence-electron chi connectivity index (χ0n) is 8.17. The number of aryl methyl sites for hydroxylation is 1. The van der Waals surface area contributed by atoms with Gasteiger partial charge in [0.15, 0.2) is 0 Å². The Labute approximate surface area is 88.3 Å². The third-order valence-corrected chi connectivity index (χ3v) is 1.66. The second kappa shape index (κ2) is 4.33. The molecule has 0 unspecified atom stereocenters. The zero-order chi connectivity index (χ0) is 12.3. The lowest BCUT2D eigenvalue weighted by molar-refractivity contribution is -0.115. The van der Waals surface area contributed by atoms with E-state index in [0.717, 1.165) is 6.20 Å². The summed E-state index contributed by atoms with van der Waals surface area (Å²) in [6.45, 7) is 0.114. The molecule has 5 nitrogen and oxygen atoms in total. The third kappa shape index (κ3) is 3.37. The van der Waals surface area contributed by atoms with Crippen LogP contribution in [0.2, 0.25) is 0 Å². The lowest BCUT2D eigenvalue weighted by Crippen LogP contribution is -2.22. The van der Waals surface area contributed by atoms with E-state index in [2.05, 4.69) is 9.97 Å². The van der Waals surface area contributed by atoms with E-state index in [0.29, 0.717) is 0 Å². The summed E-state index contributed by atoms with van der Waals surface area (Å²) in [6, 6.07) is 0. The molecular formula is C8H8F3N3O2. The molecule has 0 amide bonds. The van der Waals surface area contributed by atoms with Gasteiger partial charge in [-0.2, -0.15) is 13.2 Å². The smallest absolute Gasteiger partial charge is 0.405 e. The topological polar surface area (TPSA) is 75.1 Å². The highest BCUT2D eigenvalue weighted by atomic mass is 19.4. The van der Waals surface area contributed by atoms with Crippen LogP contribution < -0.4 is 5.32 Å². The molecule has 0 aliphatic rings. The Balaban J connectivity index is 2.78. The van der Waals surface area contributed by atoms with Crippen molar-refractivity contribution in [2.75, 3.05) is 11.9 Å². The molecule has 0 aromatic carbocycles. The van der Waals surface area contributed by atoms with Crippen LogP contribution in [-0.2, 0) is 0 Å². The molecule has 1 heterocycles. The summed E-state index contributed by atoms with van der Waals surface area (Å²) in [7, 11) is 0. The molecule has 0 fully saturated rings. The maximum atomic E-state index is 11.8. The fourth-order valence-electron chi connectivity index (χ4n) is 0.941. The second-order valence-electron chi connectivity index (χ2n) is 2.97. The Hall–Kier alpha value is -1.86. The Morgan fingerprint density at radius 1 is 1.56 bits per heavy atom. The number of rotatable bonds is 3. The molecule has 16 heavy (non-hydrogen) atoms. The van der Waals surface area contributed by atoms with Gasteiger partial charge in [-0.05, 0) is 6.92 Å². The predicted molar refractivity (Wildman–Crippen MR) is 48.3 cm³/mol. The number of halogens is 3. The Kier molecular flexibility index (Phi) is 3.31. The van der Waals surface area contributed by atoms with E-state index in [1.807, 2.05) is 5.32 Å². The highest BCUT2D eigenvalue weighted by molar-refractivity contribution is 5.88. The van der Waals surface area contributed by atoms with Crippen LogP contribution in [0.1, 0.15) is 16.1 Å². The van der Waals surface area contributed by atoms with Crippen molar-refractivity contribution >= 4 is 11.9 Å². The number of carboxylic acid groups (broad SMARTS) is 1. The Morgan fingerprint density at radius 2 is 2.19 bits per heavy atom. The average Bonchev–Trinajstić information content (AvgIpc) is 2.13. The maximum Gasteiger partial charge on any atom is 0.405 e. The predicted octanol–water partition coefficient (Wildman–Crippen LogP) is 1.46. The fraction of sp³-hybridized carbons (Fsp3) is 0.375. The molecule has 0 saturated carbocycles. The van der Waals surface area contributed by atoms with Gasteiger partial charge >= 0.3 is 12.1 Å². The molecule has 1 rings (SSSR count). The zero-order valence-corrected chi connectivity index (χ0v) is 8.17. The minimum atomic E-state index is -4.37. The van der Waals surface area contributed by atoms with E-state index in [1.165, 1.54) is 6.92 Å². The molecule has 1 aromatic rings. The normalized spacial score (nSPS) is 11.2. The van der Waals surface area contributed by atoms with Crippen molar-refractivity contribution in [3.05, 3.63) is 17.5 Å². The van der Waals surface area contributed by atoms with Crippen LogP contribution >= 0.6 is 0 Å². The van der Waals surface area contributed by atoms with Gasteiger partial charge in [-0.3, -0.25) is 0 Å². The summed E-state index contributed by atoms with van der Waals surface area (Å²) in [5.74, 6) is -1.47. The summed E-state index contributed by atoms with van der Waals surface area (Å²) in [5, 5.41) is 10.6. The summed E-state index contributed by atoms with van der Waals surface area (Å²) in [5.41, 5.74) is -0.0373. The van der Waals surface area contributed by atoms with E-state index < -0.39 is 18.7 Å². The second-order valence-corrected chi connectivity index (χ2v) is 2.97. The van der Waals surface area contributed by atoms with E-state index in [-0.39, 0.29) is 17.2 Å². The highest BCUT2D eigenvalue weighted by Gasteiger charge is 2.27. The molecule has 0 aliphatic carbocycles. The van der Waals surface area contributed by atoms with Crippen LogP contribution in [0.3, 0.4) is 0 Å². The number of aromatic nitrogens is 2. The monoisotopic (exact) mass is 235 g/mol. The Bertz CT molecular complexity index is 406. The van der Waals surface area contributed by atoms with Crippen molar-refractivity contribution in [1.82, 2.24) is 9.97 Å². The average molecular weight is 235 g/mol. The summed E-state index contributed by atoms with van der Waals surface area (Å²) >= 11 is 0. The van der Waals surface area contributed by atoms with Crippen LogP contribution in [0.5, 0.6) is 0 Å². The molecule has 8 heteroatoms. The summed E-state index contributed by atoms with van der Waals surface area (Å²) < 4.78 is 35.5. The number of anilines is 1. The lowest BCUT2D eigenvalue weighted by Gasteiger charge is -2.08. The maximum absolute atomic E-state index is 11.8. The number of hydrogen-bond acceptors (Lipinski definition) is 4. The standard InChI is InChI=1S/C8H8F3N3O2/c1-4-5(6(15)16)2-12-7(14-4)13-3-8(9,10)11/h2H,3H2,1H3,(H,15,16)(H,12,13,14). The summed E-state index contributed by atoms with van der Waals surface area (Å²) in [6.07, 6.45) is -3.41. The number of alkyl halides is 3. The first-order valence-electron chi connectivity index (χ1n) is 4.17. The third-order valence-electron chi connectivity index (χ3n) is 1.66. The minimum absolute atomic E-state index is 0.104. The molecular weight excluding hydrogens is 227 g/mol. The van der Waals surface area contributed by atoms with Crippen LogP contribution in [0.4, 0.5) is 19.1 Å². The number of aromatic carboxylic acids is 1. The van der Waals surface area contributed by atoms with E-state index in [1.54, 1.807) is 0 Å². The molecule has 0 radical (unpaired) electrons. The van der Waals surface area contributed by atoms with Crippen LogP contribution in [0.15, 0.2) is 6.20 Å². The van der Waals surface area contributed by atoms with Gasteiger partial charge in [0, 0.05) is 6.20 Å². The number of hydrogen-bond donors (Lipinski definition) is 2. The van der Waals surface area contributed by atoms with Gasteiger partial charge in [-0.1, -0.05) is 0 Å². The van der Waals surface area contributed by atoms with Crippen LogP contribution in [0.25, 0.3) is 0 Å². The SMILES string of the molecule is Cc1nc(NCC(F)(F)F)ncc1C(=O)O. The van der Waals surface area contributed by atoms with Gasteiger partial charge in [0.1, 0.15) is 6.54 Å². The first kappa shape index (κ1) is 12.2. The molecule has 0 saturated heterocycles. The quantitative estimate of drug-likeness (QED) is 0.829. The van der Waals surface area contributed by atoms with Gasteiger partial charge in [0.25, 0.3) is 0 Å². The van der Waals surface area contributed by atoms with Crippen molar-refractivity contribution in [3.8, 4) is 0 Å². The minimum Gasteiger partial charge on any atom is -0.478 e. The van der Waals surface area contributed by atoms with Crippen molar-refractivity contribution in [2.45, 2.75) is 13.1 Å². The lowest BCUT2D eigenvalue weighted by atomic mass is 10.2. The number of carbonyl (C=O) groups is 1. The molecule has 0 aliphatic heterocycles. The molecule has 2 N–H and O–H groups in total. The van der Waals surface area contributed by atoms with E-state index in [4.69, 9.17) is 5.11 Å². The van der Waals surface area contributed by atoms with Crippen molar-refractivity contribution in [2.24, 2.45) is 0 Å². The number of nitrogens with zero attached hydrogens (tertiary/aromatic N) is 2. The fourth-order valence-corrected chi connectivity index (χ4v) is 0.941. The number of nitrogens with one attached hydrogen (secondary N) is 1. The Morgan fingerprint density at radius 3 is 2.62 bits per heavy atom. The first-order chi connectivity index (χ1) is 7.29. The largest absolute Gasteiger partial charge is 0.478 e. The number of carboxylic acids is 1. The molecule has 88 valence electrons.